The molecule has 0 radical (unpaired) electrons. The van der Waals surface area contributed by atoms with Crippen LogP contribution in [0.25, 0.3) is 0 Å². The Kier molecular flexibility index (Phi) is 6.09. The monoisotopic (exact) mass is 280 g/mol. The van der Waals surface area contributed by atoms with E-state index in [1.807, 2.05) is 0 Å². The topological polar surface area (TPSA) is 71.1 Å². The highest BCUT2D eigenvalue weighted by atomic mass is 16.5. The van der Waals surface area contributed by atoms with Gasteiger partial charge in [0.2, 0.25) is 0 Å². The average molecular weight is 280 g/mol. The van der Waals surface area contributed by atoms with Crippen LogP contribution in [0.1, 0.15) is 6.92 Å². The van der Waals surface area contributed by atoms with Crippen molar-refractivity contribution in [1.82, 2.24) is 0 Å². The van der Waals surface area contributed by atoms with Gasteiger partial charge in [0.15, 0.2) is 11.5 Å². The standard InChI is InChI=1S/C14H16O6/c1-4-19-13(15)7-8-14(16)20-10-5-6-11(17-2)12(9-10)18-3/h5-9H,4H2,1-3H3/b8-7+. The predicted molar refractivity (Wildman–Crippen MR) is 71.0 cm³/mol. The Morgan fingerprint density at radius 3 is 2.30 bits per heavy atom. The Bertz CT molecular complexity index is 506. The second-order valence-electron chi connectivity index (χ2n) is 3.52. The first-order valence-electron chi connectivity index (χ1n) is 5.89. The molecule has 0 aliphatic carbocycles. The van der Waals surface area contributed by atoms with Crippen molar-refractivity contribution in [2.45, 2.75) is 6.92 Å². The van der Waals surface area contributed by atoms with Gasteiger partial charge in [-0.3, -0.25) is 0 Å². The Morgan fingerprint density at radius 2 is 1.70 bits per heavy atom. The lowest BCUT2D eigenvalue weighted by Crippen LogP contribution is -2.06. The van der Waals surface area contributed by atoms with Gasteiger partial charge < -0.3 is 18.9 Å². The minimum absolute atomic E-state index is 0.244. The molecule has 0 fully saturated rings. The molecule has 0 amide bonds. The van der Waals surface area contributed by atoms with Crippen LogP contribution < -0.4 is 14.2 Å². The molecule has 0 spiro atoms. The molecule has 1 aromatic rings. The third-order valence-electron chi connectivity index (χ3n) is 2.22. The van der Waals surface area contributed by atoms with Gasteiger partial charge in [-0.2, -0.15) is 0 Å². The number of ether oxygens (including phenoxy) is 4. The fourth-order valence-electron chi connectivity index (χ4n) is 1.36. The molecule has 0 atom stereocenters. The molecule has 0 saturated heterocycles. The summed E-state index contributed by atoms with van der Waals surface area (Å²) in [5.41, 5.74) is 0. The number of hydrogen-bond acceptors (Lipinski definition) is 6. The molecular formula is C14H16O6. The van der Waals surface area contributed by atoms with Gasteiger partial charge in [-0.1, -0.05) is 0 Å². The summed E-state index contributed by atoms with van der Waals surface area (Å²) in [6.45, 7) is 1.92. The lowest BCUT2D eigenvalue weighted by Gasteiger charge is -2.08. The van der Waals surface area contributed by atoms with E-state index >= 15 is 0 Å². The number of carbonyl (C=O) groups is 2. The van der Waals surface area contributed by atoms with Crippen LogP contribution in [0.2, 0.25) is 0 Å². The Labute approximate surface area is 116 Å². The molecule has 0 aliphatic heterocycles. The van der Waals surface area contributed by atoms with E-state index in [1.165, 1.54) is 20.3 Å². The largest absolute Gasteiger partial charge is 0.493 e. The molecule has 1 aromatic carbocycles. The number of rotatable bonds is 6. The highest BCUT2D eigenvalue weighted by molar-refractivity contribution is 5.92. The van der Waals surface area contributed by atoms with Gasteiger partial charge in [-0.15, -0.1) is 0 Å². The molecule has 0 heterocycles. The maximum atomic E-state index is 11.5. The van der Waals surface area contributed by atoms with Crippen LogP contribution >= 0.6 is 0 Å². The molecule has 0 aromatic heterocycles. The van der Waals surface area contributed by atoms with Crippen molar-refractivity contribution in [3.8, 4) is 17.2 Å². The Balaban J connectivity index is 2.69. The lowest BCUT2D eigenvalue weighted by molar-refractivity contribution is -0.138. The van der Waals surface area contributed by atoms with Crippen LogP contribution in [-0.4, -0.2) is 32.8 Å². The maximum absolute atomic E-state index is 11.5. The van der Waals surface area contributed by atoms with Gasteiger partial charge in [0.05, 0.1) is 20.8 Å². The molecule has 6 heteroatoms. The van der Waals surface area contributed by atoms with Crippen molar-refractivity contribution in [1.29, 1.82) is 0 Å². The van der Waals surface area contributed by atoms with E-state index in [4.69, 9.17) is 14.2 Å². The first-order valence-corrected chi connectivity index (χ1v) is 5.89. The first-order chi connectivity index (χ1) is 9.60. The SMILES string of the molecule is CCOC(=O)/C=C/C(=O)Oc1ccc(OC)c(OC)c1. The lowest BCUT2D eigenvalue weighted by atomic mass is 10.3. The molecule has 20 heavy (non-hydrogen) atoms. The van der Waals surface area contributed by atoms with E-state index in [0.717, 1.165) is 12.2 Å². The summed E-state index contributed by atoms with van der Waals surface area (Å²) in [5, 5.41) is 0. The highest BCUT2D eigenvalue weighted by Gasteiger charge is 2.08. The predicted octanol–water partition coefficient (Wildman–Crippen LogP) is 1.73. The van der Waals surface area contributed by atoms with E-state index in [0.29, 0.717) is 11.5 Å². The smallest absolute Gasteiger partial charge is 0.336 e. The fourth-order valence-corrected chi connectivity index (χ4v) is 1.36. The molecule has 0 N–H and O–H groups in total. The maximum Gasteiger partial charge on any atom is 0.336 e. The summed E-state index contributed by atoms with van der Waals surface area (Å²) in [6, 6.07) is 4.67. The van der Waals surface area contributed by atoms with Crippen molar-refractivity contribution in [3.05, 3.63) is 30.4 Å². The summed E-state index contributed by atoms with van der Waals surface area (Å²) < 4.78 is 19.8. The zero-order valence-electron chi connectivity index (χ0n) is 11.5. The van der Waals surface area contributed by atoms with Gasteiger partial charge in [0.1, 0.15) is 5.75 Å². The number of carbonyl (C=O) groups excluding carboxylic acids is 2. The molecule has 6 nitrogen and oxygen atoms in total. The van der Waals surface area contributed by atoms with Crippen molar-refractivity contribution < 1.29 is 28.5 Å². The minimum atomic E-state index is -0.690. The van der Waals surface area contributed by atoms with E-state index < -0.39 is 11.9 Å². The second kappa shape index (κ2) is 7.83. The van der Waals surface area contributed by atoms with E-state index in [-0.39, 0.29) is 12.4 Å². The zero-order chi connectivity index (χ0) is 15.0. The quantitative estimate of drug-likeness (QED) is 0.449. The molecule has 108 valence electrons. The molecular weight excluding hydrogens is 264 g/mol. The number of benzene rings is 1. The van der Waals surface area contributed by atoms with Crippen LogP contribution in [0.3, 0.4) is 0 Å². The molecule has 0 unspecified atom stereocenters. The molecule has 0 saturated carbocycles. The summed E-state index contributed by atoms with van der Waals surface area (Å²) in [5.74, 6) is -0.0512. The number of methoxy groups -OCH3 is 2. The average Bonchev–Trinajstić information content (AvgIpc) is 2.45. The van der Waals surface area contributed by atoms with Crippen molar-refractivity contribution >= 4 is 11.9 Å². The normalized spacial score (nSPS) is 10.2. The zero-order valence-corrected chi connectivity index (χ0v) is 11.5. The van der Waals surface area contributed by atoms with Crippen LogP contribution in [0.15, 0.2) is 30.4 Å². The summed E-state index contributed by atoms with van der Waals surface area (Å²) >= 11 is 0. The second-order valence-corrected chi connectivity index (χ2v) is 3.52. The van der Waals surface area contributed by atoms with Gasteiger partial charge in [0, 0.05) is 18.2 Å². The molecule has 0 aliphatic rings. The van der Waals surface area contributed by atoms with Gasteiger partial charge >= 0.3 is 11.9 Å². The van der Waals surface area contributed by atoms with Crippen molar-refractivity contribution in [2.24, 2.45) is 0 Å². The number of esters is 2. The van der Waals surface area contributed by atoms with Gasteiger partial charge in [-0.25, -0.2) is 9.59 Å². The van der Waals surface area contributed by atoms with Crippen LogP contribution in [-0.2, 0) is 14.3 Å². The van der Waals surface area contributed by atoms with Crippen LogP contribution in [0, 0.1) is 0 Å². The summed E-state index contributed by atoms with van der Waals surface area (Å²) in [6.07, 6.45) is 2.00. The van der Waals surface area contributed by atoms with E-state index in [9.17, 15) is 9.59 Å². The Morgan fingerprint density at radius 1 is 1.05 bits per heavy atom. The van der Waals surface area contributed by atoms with E-state index in [2.05, 4.69) is 4.74 Å². The fraction of sp³-hybridized carbons (Fsp3) is 0.286. The van der Waals surface area contributed by atoms with Gasteiger partial charge in [-0.05, 0) is 19.1 Å². The van der Waals surface area contributed by atoms with Crippen LogP contribution in [0.5, 0.6) is 17.2 Å². The Hall–Kier alpha value is -2.50. The highest BCUT2D eigenvalue weighted by Crippen LogP contribution is 2.30. The van der Waals surface area contributed by atoms with Crippen molar-refractivity contribution in [3.63, 3.8) is 0 Å². The molecule has 1 rings (SSSR count). The number of hydrogen-bond donors (Lipinski definition) is 0. The third-order valence-corrected chi connectivity index (χ3v) is 2.22. The minimum Gasteiger partial charge on any atom is -0.493 e. The summed E-state index contributed by atoms with van der Waals surface area (Å²) in [7, 11) is 2.98. The van der Waals surface area contributed by atoms with Crippen LogP contribution in [0.4, 0.5) is 0 Å². The van der Waals surface area contributed by atoms with Crippen molar-refractivity contribution in [2.75, 3.05) is 20.8 Å². The van der Waals surface area contributed by atoms with E-state index in [1.54, 1.807) is 19.1 Å². The third kappa shape index (κ3) is 4.64. The van der Waals surface area contributed by atoms with Gasteiger partial charge in [0.25, 0.3) is 0 Å². The molecule has 0 bridgehead atoms. The summed E-state index contributed by atoms with van der Waals surface area (Å²) in [4.78, 5) is 22.5. The first kappa shape index (κ1) is 15.6.